The van der Waals surface area contributed by atoms with Crippen molar-refractivity contribution < 1.29 is 0 Å². The second kappa shape index (κ2) is 2.89. The molecule has 0 saturated carbocycles. The highest BCUT2D eigenvalue weighted by molar-refractivity contribution is 7.39. The molecule has 0 bridgehead atoms. The molecule has 1 aromatic heterocycles. The average Bonchev–Trinajstić information content (AvgIpc) is 2.34. The molecule has 68 valence electrons. The summed E-state index contributed by atoms with van der Waals surface area (Å²) in [6.07, 6.45) is 4.45. The highest BCUT2D eigenvalue weighted by Gasteiger charge is 2.38. The van der Waals surface area contributed by atoms with Crippen LogP contribution in [0.5, 0.6) is 0 Å². The van der Waals surface area contributed by atoms with Gasteiger partial charge in [-0.25, -0.2) is 0 Å². The van der Waals surface area contributed by atoms with E-state index in [2.05, 4.69) is 61.5 Å². The lowest BCUT2D eigenvalue weighted by molar-refractivity contribution is 1.17. The number of nitrogens with zero attached hydrogens (tertiary/aromatic N) is 1. The largest absolute Gasteiger partial charge is 0.383 e. The van der Waals surface area contributed by atoms with Gasteiger partial charge >= 0.3 is 0 Å². The summed E-state index contributed by atoms with van der Waals surface area (Å²) in [5.74, 6) is 0. The van der Waals surface area contributed by atoms with E-state index in [-0.39, 0.29) is 0 Å². The summed E-state index contributed by atoms with van der Waals surface area (Å²) < 4.78 is 2.47. The highest BCUT2D eigenvalue weighted by atomic mass is 29.3. The van der Waals surface area contributed by atoms with Crippen LogP contribution in [0.15, 0.2) is 24.5 Å². The minimum Gasteiger partial charge on any atom is -0.383 e. The molecule has 3 heteroatoms. The Morgan fingerprint density at radius 2 is 1.25 bits per heavy atom. The van der Waals surface area contributed by atoms with Crippen molar-refractivity contribution in [3.05, 3.63) is 24.5 Å². The smallest absolute Gasteiger partial charge is 0.143 e. The first-order chi connectivity index (χ1) is 5.36. The molecule has 12 heavy (non-hydrogen) atoms. The van der Waals surface area contributed by atoms with Crippen molar-refractivity contribution in [2.24, 2.45) is 0 Å². The molecular formula is C9H19NSi2. The van der Waals surface area contributed by atoms with Crippen LogP contribution in [0, 0.1) is 0 Å². The predicted molar refractivity (Wildman–Crippen MR) is 60.7 cm³/mol. The van der Waals surface area contributed by atoms with Crippen molar-refractivity contribution in [3.63, 3.8) is 0 Å². The molecule has 0 aliphatic heterocycles. The molecule has 0 aliphatic rings. The lowest BCUT2D eigenvalue weighted by Gasteiger charge is -2.36. The second-order valence-electron chi connectivity index (χ2n) is 4.90. The van der Waals surface area contributed by atoms with Crippen molar-refractivity contribution in [1.82, 2.24) is 4.23 Å². The quantitative estimate of drug-likeness (QED) is 0.643. The maximum absolute atomic E-state index is 2.47. The zero-order valence-corrected chi connectivity index (χ0v) is 10.8. The number of rotatable bonds is 2. The predicted octanol–water partition coefficient (Wildman–Crippen LogP) is 2.96. The maximum atomic E-state index is 2.47. The summed E-state index contributed by atoms with van der Waals surface area (Å²) in [6, 6.07) is 4.27. The van der Waals surface area contributed by atoms with E-state index in [4.69, 9.17) is 0 Å². The van der Waals surface area contributed by atoms with Gasteiger partial charge in [0.2, 0.25) is 0 Å². The van der Waals surface area contributed by atoms with Gasteiger partial charge in [-0.2, -0.15) is 0 Å². The summed E-state index contributed by atoms with van der Waals surface area (Å²) in [5.41, 5.74) is 0. The first kappa shape index (κ1) is 9.80. The van der Waals surface area contributed by atoms with Crippen LogP contribution in [0.4, 0.5) is 0 Å². The lowest BCUT2D eigenvalue weighted by Crippen LogP contribution is -2.57. The monoisotopic (exact) mass is 197 g/mol. The molecule has 0 atom stereocenters. The molecule has 1 rings (SSSR count). The molecule has 0 saturated heterocycles. The molecule has 0 aromatic carbocycles. The van der Waals surface area contributed by atoms with E-state index in [1.54, 1.807) is 0 Å². The summed E-state index contributed by atoms with van der Waals surface area (Å²) >= 11 is 0. The van der Waals surface area contributed by atoms with Gasteiger partial charge in [-0.1, -0.05) is 32.7 Å². The molecular weight excluding hydrogens is 178 g/mol. The molecule has 0 unspecified atom stereocenters. The first-order valence-electron chi connectivity index (χ1n) is 4.49. The zero-order valence-electron chi connectivity index (χ0n) is 8.76. The molecule has 1 heterocycles. The van der Waals surface area contributed by atoms with Gasteiger partial charge in [-0.15, -0.1) is 0 Å². The lowest BCUT2D eigenvalue weighted by atomic mass is 10.7. The minimum atomic E-state index is -1.17. The van der Waals surface area contributed by atoms with Gasteiger partial charge in [0, 0.05) is 0 Å². The van der Waals surface area contributed by atoms with E-state index < -0.39 is 15.3 Å². The van der Waals surface area contributed by atoms with E-state index in [0.717, 1.165) is 0 Å². The zero-order chi connectivity index (χ0) is 9.41. The van der Waals surface area contributed by atoms with Crippen LogP contribution in [0.25, 0.3) is 0 Å². The fourth-order valence-electron chi connectivity index (χ4n) is 1.09. The molecule has 1 aromatic rings. The van der Waals surface area contributed by atoms with Crippen molar-refractivity contribution in [2.45, 2.75) is 32.7 Å². The van der Waals surface area contributed by atoms with E-state index in [0.29, 0.717) is 0 Å². The molecule has 0 N–H and O–H groups in total. The van der Waals surface area contributed by atoms with Crippen LogP contribution in [-0.4, -0.2) is 19.6 Å². The van der Waals surface area contributed by atoms with Crippen molar-refractivity contribution in [1.29, 1.82) is 0 Å². The van der Waals surface area contributed by atoms with Gasteiger partial charge in [-0.3, -0.25) is 0 Å². The van der Waals surface area contributed by atoms with Crippen molar-refractivity contribution >= 4 is 15.3 Å². The number of hydrogen-bond acceptors (Lipinski definition) is 0. The van der Waals surface area contributed by atoms with Crippen molar-refractivity contribution in [2.75, 3.05) is 0 Å². The summed E-state index contributed by atoms with van der Waals surface area (Å²) in [5, 5.41) is 0. The van der Waals surface area contributed by atoms with Gasteiger partial charge in [0.15, 0.2) is 0 Å². The third-order valence-corrected chi connectivity index (χ3v) is 20.1. The van der Waals surface area contributed by atoms with E-state index in [9.17, 15) is 0 Å². The highest BCUT2D eigenvalue weighted by Crippen LogP contribution is 2.20. The molecule has 0 aliphatic carbocycles. The minimum absolute atomic E-state index is 0.988. The maximum Gasteiger partial charge on any atom is 0.143 e. The molecule has 0 fully saturated rings. The molecule has 0 amide bonds. The number of hydrogen-bond donors (Lipinski definition) is 0. The Morgan fingerprint density at radius 3 is 1.58 bits per heavy atom. The Hall–Kier alpha value is -0.286. The van der Waals surface area contributed by atoms with Crippen LogP contribution in [0.3, 0.4) is 0 Å². The van der Waals surface area contributed by atoms with Crippen LogP contribution in [0.2, 0.25) is 32.7 Å². The summed E-state index contributed by atoms with van der Waals surface area (Å²) in [6.45, 7) is 12.4. The van der Waals surface area contributed by atoms with Gasteiger partial charge in [-0.05, 0) is 24.5 Å². The molecule has 0 spiro atoms. The summed E-state index contributed by atoms with van der Waals surface area (Å²) in [4.78, 5) is 0. The van der Waals surface area contributed by atoms with Crippen molar-refractivity contribution in [3.8, 4) is 0 Å². The van der Waals surface area contributed by atoms with Crippen LogP contribution >= 0.6 is 0 Å². The molecule has 1 nitrogen and oxygen atoms in total. The standard InChI is InChI=1S/C9H19NSi2/c1-11(2,3)12(4,5)10-8-6-7-9-10/h6-9H,1-5H3. The summed E-state index contributed by atoms with van der Waals surface area (Å²) in [7, 11) is -2.16. The fourth-order valence-corrected chi connectivity index (χ4v) is 5.56. The average molecular weight is 197 g/mol. The van der Waals surface area contributed by atoms with Crippen LogP contribution in [-0.2, 0) is 0 Å². The fraction of sp³-hybridized carbons (Fsp3) is 0.556. The van der Waals surface area contributed by atoms with E-state index in [1.165, 1.54) is 0 Å². The third-order valence-electron chi connectivity index (χ3n) is 3.09. The Bertz CT molecular complexity index is 244. The normalized spacial score (nSPS) is 13.4. The van der Waals surface area contributed by atoms with Crippen LogP contribution < -0.4 is 0 Å². The first-order valence-corrected chi connectivity index (χ1v) is 11.9. The van der Waals surface area contributed by atoms with Gasteiger partial charge in [0.25, 0.3) is 0 Å². The Balaban J connectivity index is 3.02. The number of aromatic nitrogens is 1. The Labute approximate surface area is 77.3 Å². The third kappa shape index (κ3) is 1.56. The molecule has 0 radical (unpaired) electrons. The van der Waals surface area contributed by atoms with E-state index >= 15 is 0 Å². The second-order valence-corrected chi connectivity index (χ2v) is 21.2. The van der Waals surface area contributed by atoms with Gasteiger partial charge < -0.3 is 4.23 Å². The van der Waals surface area contributed by atoms with Crippen LogP contribution in [0.1, 0.15) is 0 Å². The topological polar surface area (TPSA) is 4.93 Å². The van der Waals surface area contributed by atoms with E-state index in [1.807, 2.05) is 0 Å². The van der Waals surface area contributed by atoms with Gasteiger partial charge in [0.05, 0.1) is 7.59 Å². The van der Waals surface area contributed by atoms with Gasteiger partial charge in [0.1, 0.15) is 7.75 Å². The SMILES string of the molecule is C[Si](C)(C)[Si](C)(C)n1cccc1. The Kier molecular flexibility index (Phi) is 2.36. The Morgan fingerprint density at radius 1 is 0.833 bits per heavy atom.